The molecule has 6 heteroatoms. The maximum atomic E-state index is 10.1. The van der Waals surface area contributed by atoms with Crippen molar-refractivity contribution in [3.63, 3.8) is 0 Å². The predicted molar refractivity (Wildman–Crippen MR) is 91.0 cm³/mol. The van der Waals surface area contributed by atoms with Gasteiger partial charge in [0.15, 0.2) is 5.75 Å². The molecule has 2 aromatic carbocycles. The summed E-state index contributed by atoms with van der Waals surface area (Å²) in [6, 6.07) is 15.8. The third-order valence-electron chi connectivity index (χ3n) is 3.70. The van der Waals surface area contributed by atoms with Crippen LogP contribution in [0.2, 0.25) is 0 Å². The van der Waals surface area contributed by atoms with Crippen LogP contribution < -0.4 is 0 Å². The summed E-state index contributed by atoms with van der Waals surface area (Å²) in [5.74, 6) is 0.0345. The van der Waals surface area contributed by atoms with Gasteiger partial charge in [0.05, 0.1) is 6.20 Å². The van der Waals surface area contributed by atoms with Crippen molar-refractivity contribution in [3.05, 3.63) is 60.9 Å². The Morgan fingerprint density at radius 1 is 1.00 bits per heavy atom. The van der Waals surface area contributed by atoms with Gasteiger partial charge >= 0.3 is 0 Å². The molecule has 0 amide bonds. The highest BCUT2D eigenvalue weighted by Crippen LogP contribution is 2.34. The van der Waals surface area contributed by atoms with Crippen LogP contribution in [-0.4, -0.2) is 25.1 Å². The van der Waals surface area contributed by atoms with Gasteiger partial charge in [0.2, 0.25) is 0 Å². The van der Waals surface area contributed by atoms with Crippen LogP contribution in [0.1, 0.15) is 0 Å². The summed E-state index contributed by atoms with van der Waals surface area (Å²) in [4.78, 5) is 3.90. The number of aromatic nitrogens is 4. The Morgan fingerprint density at radius 3 is 2.70 bits per heavy atom. The normalized spacial score (nSPS) is 11.0. The minimum atomic E-state index is 0.0345. The molecular formula is C17H12N4OS. The summed E-state index contributed by atoms with van der Waals surface area (Å²) in [7, 11) is 0. The highest BCUT2D eigenvalue weighted by atomic mass is 32.1. The SMILES string of the molecule is Oc1cnccc1-n1nnc(S)c1-c1cccc2ccccc12. The maximum absolute atomic E-state index is 10.1. The smallest absolute Gasteiger partial charge is 0.159 e. The lowest BCUT2D eigenvalue weighted by Gasteiger charge is -2.10. The van der Waals surface area contributed by atoms with Crippen LogP contribution in [0.15, 0.2) is 66.0 Å². The fourth-order valence-electron chi connectivity index (χ4n) is 2.67. The van der Waals surface area contributed by atoms with Gasteiger partial charge in [0.1, 0.15) is 16.4 Å². The van der Waals surface area contributed by atoms with Gasteiger partial charge < -0.3 is 5.11 Å². The molecule has 23 heavy (non-hydrogen) atoms. The van der Waals surface area contributed by atoms with Gasteiger partial charge in [0, 0.05) is 11.8 Å². The number of hydrogen-bond acceptors (Lipinski definition) is 5. The number of fused-ring (bicyclic) bond motifs is 1. The molecule has 112 valence electrons. The molecule has 0 radical (unpaired) electrons. The van der Waals surface area contributed by atoms with Crippen LogP contribution in [-0.2, 0) is 0 Å². The summed E-state index contributed by atoms with van der Waals surface area (Å²) >= 11 is 4.45. The number of rotatable bonds is 2. The Kier molecular flexibility index (Phi) is 3.24. The highest BCUT2D eigenvalue weighted by Gasteiger charge is 2.18. The second kappa shape index (κ2) is 5.40. The fraction of sp³-hybridized carbons (Fsp3) is 0. The quantitative estimate of drug-likeness (QED) is 0.555. The molecule has 4 rings (SSSR count). The van der Waals surface area contributed by atoms with Crippen LogP contribution in [0.25, 0.3) is 27.7 Å². The average Bonchev–Trinajstić information content (AvgIpc) is 2.96. The molecule has 2 heterocycles. The average molecular weight is 320 g/mol. The van der Waals surface area contributed by atoms with Crippen LogP contribution >= 0.6 is 12.6 Å². The highest BCUT2D eigenvalue weighted by molar-refractivity contribution is 7.80. The van der Waals surface area contributed by atoms with Gasteiger partial charge in [-0.1, -0.05) is 47.7 Å². The first-order chi connectivity index (χ1) is 11.3. The van der Waals surface area contributed by atoms with E-state index in [-0.39, 0.29) is 5.75 Å². The zero-order chi connectivity index (χ0) is 15.8. The van der Waals surface area contributed by atoms with Crippen LogP contribution in [0, 0.1) is 0 Å². The molecule has 0 fully saturated rings. The topological polar surface area (TPSA) is 63.8 Å². The fourth-order valence-corrected chi connectivity index (χ4v) is 2.92. The number of pyridine rings is 1. The third-order valence-corrected chi connectivity index (χ3v) is 4.00. The zero-order valence-corrected chi connectivity index (χ0v) is 12.9. The lowest BCUT2D eigenvalue weighted by atomic mass is 10.0. The molecule has 2 aromatic heterocycles. The lowest BCUT2D eigenvalue weighted by molar-refractivity contribution is 0.467. The molecule has 0 saturated heterocycles. The predicted octanol–water partition coefficient (Wildman–Crippen LogP) is 3.48. The summed E-state index contributed by atoms with van der Waals surface area (Å²) in [5, 5.41) is 21.0. The van der Waals surface area contributed by atoms with E-state index in [1.165, 1.54) is 6.20 Å². The lowest BCUT2D eigenvalue weighted by Crippen LogP contribution is -2.00. The number of aromatic hydroxyl groups is 1. The van der Waals surface area contributed by atoms with Gasteiger partial charge in [-0.3, -0.25) is 4.98 Å². The molecule has 0 aliphatic rings. The van der Waals surface area contributed by atoms with E-state index in [9.17, 15) is 5.11 Å². The van der Waals surface area contributed by atoms with Crippen molar-refractivity contribution in [1.82, 2.24) is 20.0 Å². The van der Waals surface area contributed by atoms with Crippen molar-refractivity contribution in [2.75, 3.05) is 0 Å². The third kappa shape index (κ3) is 2.24. The summed E-state index contributed by atoms with van der Waals surface area (Å²) in [6.45, 7) is 0. The van der Waals surface area contributed by atoms with E-state index >= 15 is 0 Å². The van der Waals surface area contributed by atoms with Crippen molar-refractivity contribution in [1.29, 1.82) is 0 Å². The van der Waals surface area contributed by atoms with E-state index in [1.807, 2.05) is 30.3 Å². The van der Waals surface area contributed by atoms with Crippen molar-refractivity contribution in [3.8, 4) is 22.7 Å². The van der Waals surface area contributed by atoms with Crippen LogP contribution in [0.3, 0.4) is 0 Å². The minimum Gasteiger partial charge on any atom is -0.504 e. The molecule has 4 aromatic rings. The summed E-state index contributed by atoms with van der Waals surface area (Å²) in [6.07, 6.45) is 2.98. The zero-order valence-electron chi connectivity index (χ0n) is 12.0. The van der Waals surface area contributed by atoms with E-state index in [2.05, 4.69) is 40.1 Å². The van der Waals surface area contributed by atoms with Gasteiger partial charge in [-0.25, -0.2) is 4.68 Å². The van der Waals surface area contributed by atoms with E-state index in [0.29, 0.717) is 10.7 Å². The molecular weight excluding hydrogens is 308 g/mol. The molecule has 0 unspecified atom stereocenters. The van der Waals surface area contributed by atoms with Crippen molar-refractivity contribution < 1.29 is 5.11 Å². The molecule has 0 aliphatic carbocycles. The standard InChI is InChI=1S/C17H12N4OS/c22-15-10-18-9-8-14(15)21-16(17(23)19-20-21)13-7-3-5-11-4-1-2-6-12(11)13/h1-10,22-23H. The molecule has 0 spiro atoms. The number of thiol groups is 1. The van der Waals surface area contributed by atoms with Gasteiger partial charge in [-0.15, -0.1) is 17.7 Å². The summed E-state index contributed by atoms with van der Waals surface area (Å²) in [5.41, 5.74) is 2.19. The number of hydrogen-bond donors (Lipinski definition) is 2. The Morgan fingerprint density at radius 2 is 1.83 bits per heavy atom. The Hall–Kier alpha value is -2.86. The van der Waals surface area contributed by atoms with Crippen molar-refractivity contribution in [2.45, 2.75) is 5.03 Å². The first kappa shape index (κ1) is 13.8. The van der Waals surface area contributed by atoms with Gasteiger partial charge in [-0.05, 0) is 16.8 Å². The largest absolute Gasteiger partial charge is 0.504 e. The van der Waals surface area contributed by atoms with E-state index in [0.717, 1.165) is 22.0 Å². The Balaban J connectivity index is 2.03. The number of benzene rings is 2. The van der Waals surface area contributed by atoms with E-state index in [4.69, 9.17) is 0 Å². The molecule has 0 bridgehead atoms. The molecule has 1 N–H and O–H groups in total. The Bertz CT molecular complexity index is 1010. The van der Waals surface area contributed by atoms with Crippen LogP contribution in [0.4, 0.5) is 0 Å². The van der Waals surface area contributed by atoms with Crippen molar-refractivity contribution >= 4 is 23.4 Å². The molecule has 0 saturated carbocycles. The first-order valence-corrected chi connectivity index (χ1v) is 7.46. The maximum Gasteiger partial charge on any atom is 0.159 e. The number of nitrogens with zero attached hydrogens (tertiary/aromatic N) is 4. The Labute approximate surface area is 137 Å². The summed E-state index contributed by atoms with van der Waals surface area (Å²) < 4.78 is 1.58. The van der Waals surface area contributed by atoms with Crippen LogP contribution in [0.5, 0.6) is 5.75 Å². The van der Waals surface area contributed by atoms with E-state index in [1.54, 1.807) is 16.9 Å². The van der Waals surface area contributed by atoms with Gasteiger partial charge in [-0.2, -0.15) is 0 Å². The molecule has 5 nitrogen and oxygen atoms in total. The van der Waals surface area contributed by atoms with Gasteiger partial charge in [0.25, 0.3) is 0 Å². The second-order valence-corrected chi connectivity index (χ2v) is 5.49. The monoisotopic (exact) mass is 320 g/mol. The second-order valence-electron chi connectivity index (χ2n) is 5.06. The van der Waals surface area contributed by atoms with Crippen molar-refractivity contribution in [2.24, 2.45) is 0 Å². The minimum absolute atomic E-state index is 0.0345. The molecule has 0 aliphatic heterocycles. The molecule has 0 atom stereocenters. The first-order valence-electron chi connectivity index (χ1n) is 7.02. The van der Waals surface area contributed by atoms with E-state index < -0.39 is 0 Å².